The highest BCUT2D eigenvalue weighted by Crippen LogP contribution is 2.27. The predicted molar refractivity (Wildman–Crippen MR) is 87.2 cm³/mol. The van der Waals surface area contributed by atoms with Crippen LogP contribution >= 0.6 is 23.1 Å². The minimum Gasteiger partial charge on any atom is -0.325 e. The average molecular weight is 320 g/mol. The number of benzene rings is 1. The van der Waals surface area contributed by atoms with Gasteiger partial charge in [0.2, 0.25) is 5.91 Å². The van der Waals surface area contributed by atoms with Gasteiger partial charge in [-0.2, -0.15) is 0 Å². The van der Waals surface area contributed by atoms with Crippen LogP contribution in [0.25, 0.3) is 0 Å². The van der Waals surface area contributed by atoms with Crippen LogP contribution < -0.4 is 5.32 Å². The number of aromatic nitrogens is 1. The zero-order chi connectivity index (χ0) is 15.4. The Morgan fingerprint density at radius 1 is 1.29 bits per heavy atom. The third-order valence-electron chi connectivity index (χ3n) is 2.80. The molecule has 0 bridgehead atoms. The number of thioether (sulfide) groups is 1. The molecule has 1 atom stereocenters. The molecule has 0 spiro atoms. The fourth-order valence-electron chi connectivity index (χ4n) is 1.62. The molecular weight excluding hydrogens is 304 g/mol. The third-order valence-corrected chi connectivity index (χ3v) is 4.99. The van der Waals surface area contributed by atoms with Crippen LogP contribution in [0.5, 0.6) is 0 Å². The Kier molecular flexibility index (Phi) is 5.14. The second-order valence-electron chi connectivity index (χ2n) is 4.64. The summed E-state index contributed by atoms with van der Waals surface area (Å²) in [6.45, 7) is 5.30. The Balaban J connectivity index is 1.95. The van der Waals surface area contributed by atoms with Crippen LogP contribution in [0.3, 0.4) is 0 Å². The summed E-state index contributed by atoms with van der Waals surface area (Å²) in [6.07, 6.45) is 0. The fourth-order valence-corrected chi connectivity index (χ4v) is 3.61. The summed E-state index contributed by atoms with van der Waals surface area (Å²) in [7, 11) is 0. The lowest BCUT2D eigenvalue weighted by Crippen LogP contribution is -2.22. The van der Waals surface area contributed by atoms with Gasteiger partial charge in [-0.25, -0.2) is 4.98 Å². The number of ketones is 1. The molecule has 1 N–H and O–H groups in total. The van der Waals surface area contributed by atoms with E-state index in [-0.39, 0.29) is 16.9 Å². The SMILES string of the molecule is CC(=O)c1ccc(NC(=O)[C@@H](C)Sc2nc(C)cs2)cc1. The van der Waals surface area contributed by atoms with Crippen molar-refractivity contribution in [3.05, 3.63) is 40.9 Å². The number of amides is 1. The number of hydrogen-bond acceptors (Lipinski definition) is 5. The molecule has 0 fully saturated rings. The molecule has 4 nitrogen and oxygen atoms in total. The molecule has 1 heterocycles. The van der Waals surface area contributed by atoms with Gasteiger partial charge in [-0.15, -0.1) is 11.3 Å². The Labute approximate surface area is 132 Å². The predicted octanol–water partition coefficient (Wildman–Crippen LogP) is 3.77. The van der Waals surface area contributed by atoms with E-state index in [0.717, 1.165) is 10.0 Å². The molecule has 21 heavy (non-hydrogen) atoms. The largest absolute Gasteiger partial charge is 0.325 e. The zero-order valence-electron chi connectivity index (χ0n) is 12.0. The Morgan fingerprint density at radius 3 is 2.48 bits per heavy atom. The summed E-state index contributed by atoms with van der Waals surface area (Å²) >= 11 is 2.98. The van der Waals surface area contributed by atoms with Gasteiger partial charge in [0.1, 0.15) is 0 Å². The minimum atomic E-state index is -0.233. The highest BCUT2D eigenvalue weighted by Gasteiger charge is 2.16. The maximum absolute atomic E-state index is 12.1. The number of carbonyl (C=O) groups is 2. The van der Waals surface area contributed by atoms with Crippen LogP contribution in [0.4, 0.5) is 5.69 Å². The van der Waals surface area contributed by atoms with Gasteiger partial charge in [-0.1, -0.05) is 11.8 Å². The number of hydrogen-bond donors (Lipinski definition) is 1. The monoisotopic (exact) mass is 320 g/mol. The van der Waals surface area contributed by atoms with Crippen molar-refractivity contribution >= 4 is 40.5 Å². The molecule has 0 saturated heterocycles. The van der Waals surface area contributed by atoms with Gasteiger partial charge in [-0.3, -0.25) is 9.59 Å². The lowest BCUT2D eigenvalue weighted by atomic mass is 10.1. The van der Waals surface area contributed by atoms with Gasteiger partial charge in [0, 0.05) is 22.3 Å². The highest BCUT2D eigenvalue weighted by atomic mass is 32.2. The van der Waals surface area contributed by atoms with E-state index < -0.39 is 0 Å². The van der Waals surface area contributed by atoms with Crippen molar-refractivity contribution < 1.29 is 9.59 Å². The van der Waals surface area contributed by atoms with Gasteiger partial charge in [0.05, 0.1) is 5.25 Å². The first-order chi connectivity index (χ1) is 9.95. The van der Waals surface area contributed by atoms with E-state index in [1.165, 1.54) is 18.7 Å². The molecule has 0 aliphatic heterocycles. The molecule has 6 heteroatoms. The van der Waals surface area contributed by atoms with Crippen LogP contribution in [0.2, 0.25) is 0 Å². The molecular formula is C15H16N2O2S2. The first kappa shape index (κ1) is 15.7. The van der Waals surface area contributed by atoms with Crippen molar-refractivity contribution in [1.82, 2.24) is 4.98 Å². The molecule has 0 aliphatic rings. The standard InChI is InChI=1S/C15H16N2O2S2/c1-9-8-20-15(16-9)21-11(3)14(19)17-13-6-4-12(5-7-13)10(2)18/h4-8,11H,1-3H3,(H,17,19)/t11-/m1/s1. The summed E-state index contributed by atoms with van der Waals surface area (Å²) < 4.78 is 0.891. The second-order valence-corrected chi connectivity index (χ2v) is 7.08. The normalized spacial score (nSPS) is 12.0. The van der Waals surface area contributed by atoms with Crippen molar-refractivity contribution in [3.8, 4) is 0 Å². The molecule has 0 radical (unpaired) electrons. The molecule has 110 valence electrons. The summed E-state index contributed by atoms with van der Waals surface area (Å²) in [4.78, 5) is 27.7. The van der Waals surface area contributed by atoms with Gasteiger partial charge in [0.15, 0.2) is 10.1 Å². The lowest BCUT2D eigenvalue weighted by molar-refractivity contribution is -0.115. The molecule has 2 aromatic rings. The average Bonchev–Trinajstić information content (AvgIpc) is 2.84. The molecule has 2 rings (SSSR count). The van der Waals surface area contributed by atoms with Crippen LogP contribution in [-0.2, 0) is 4.79 Å². The van der Waals surface area contributed by atoms with E-state index in [9.17, 15) is 9.59 Å². The number of aryl methyl sites for hydroxylation is 1. The van der Waals surface area contributed by atoms with E-state index in [1.807, 2.05) is 19.2 Å². The summed E-state index contributed by atoms with van der Waals surface area (Å²) in [5.41, 5.74) is 2.29. The van der Waals surface area contributed by atoms with E-state index >= 15 is 0 Å². The number of nitrogens with zero attached hydrogens (tertiary/aromatic N) is 1. The quantitative estimate of drug-likeness (QED) is 0.673. The second kappa shape index (κ2) is 6.87. The number of rotatable bonds is 5. The van der Waals surface area contributed by atoms with E-state index in [4.69, 9.17) is 0 Å². The van der Waals surface area contributed by atoms with Crippen LogP contribution in [0, 0.1) is 6.92 Å². The Bertz CT molecular complexity index is 650. The maximum Gasteiger partial charge on any atom is 0.237 e. The number of anilines is 1. The smallest absolute Gasteiger partial charge is 0.237 e. The third kappa shape index (κ3) is 4.41. The van der Waals surface area contributed by atoms with Crippen molar-refractivity contribution in [2.24, 2.45) is 0 Å². The Hall–Kier alpha value is -1.66. The topological polar surface area (TPSA) is 59.1 Å². The Morgan fingerprint density at radius 2 is 1.95 bits per heavy atom. The lowest BCUT2D eigenvalue weighted by Gasteiger charge is -2.10. The molecule has 0 saturated carbocycles. The van der Waals surface area contributed by atoms with Crippen LogP contribution in [-0.4, -0.2) is 21.9 Å². The van der Waals surface area contributed by atoms with Gasteiger partial charge in [-0.05, 0) is 45.0 Å². The molecule has 0 aliphatic carbocycles. The van der Waals surface area contributed by atoms with E-state index in [1.54, 1.807) is 35.6 Å². The van der Waals surface area contributed by atoms with Gasteiger partial charge >= 0.3 is 0 Å². The zero-order valence-corrected chi connectivity index (χ0v) is 13.7. The number of nitrogens with one attached hydrogen (secondary N) is 1. The number of thiazole rings is 1. The first-order valence-electron chi connectivity index (χ1n) is 6.46. The molecule has 1 amide bonds. The van der Waals surface area contributed by atoms with Crippen LogP contribution in [0.1, 0.15) is 29.9 Å². The van der Waals surface area contributed by atoms with Crippen molar-refractivity contribution in [1.29, 1.82) is 0 Å². The molecule has 1 aromatic carbocycles. The summed E-state index contributed by atoms with van der Waals surface area (Å²) in [6, 6.07) is 6.89. The minimum absolute atomic E-state index is 0.0101. The van der Waals surface area contributed by atoms with Crippen molar-refractivity contribution in [2.75, 3.05) is 5.32 Å². The fraction of sp³-hybridized carbons (Fsp3) is 0.267. The maximum atomic E-state index is 12.1. The number of Topliss-reactive ketones (excluding diaryl/α,β-unsaturated/α-hetero) is 1. The summed E-state index contributed by atoms with van der Waals surface area (Å²) in [5.74, 6) is -0.0700. The first-order valence-corrected chi connectivity index (χ1v) is 8.22. The molecule has 0 unspecified atom stereocenters. The van der Waals surface area contributed by atoms with Crippen molar-refractivity contribution in [2.45, 2.75) is 30.4 Å². The highest BCUT2D eigenvalue weighted by molar-refractivity contribution is 8.02. The summed E-state index contributed by atoms with van der Waals surface area (Å²) in [5, 5.41) is 4.57. The number of carbonyl (C=O) groups excluding carboxylic acids is 2. The van der Waals surface area contributed by atoms with Gasteiger partial charge in [0.25, 0.3) is 0 Å². The van der Waals surface area contributed by atoms with E-state index in [2.05, 4.69) is 10.3 Å². The molecule has 1 aromatic heterocycles. The van der Waals surface area contributed by atoms with E-state index in [0.29, 0.717) is 11.3 Å². The van der Waals surface area contributed by atoms with Crippen molar-refractivity contribution in [3.63, 3.8) is 0 Å². The van der Waals surface area contributed by atoms with Crippen LogP contribution in [0.15, 0.2) is 34.0 Å². The van der Waals surface area contributed by atoms with Gasteiger partial charge < -0.3 is 5.32 Å².